The second-order valence-corrected chi connectivity index (χ2v) is 2.36. The molecule has 1 amide bonds. The van der Waals surface area contributed by atoms with Gasteiger partial charge in [-0.05, 0) is 18.9 Å². The summed E-state index contributed by atoms with van der Waals surface area (Å²) in [6.45, 7) is 7.98. The van der Waals surface area contributed by atoms with Gasteiger partial charge in [0.05, 0.1) is 0 Å². The molecule has 0 aromatic carbocycles. The van der Waals surface area contributed by atoms with E-state index >= 15 is 0 Å². The zero-order chi connectivity index (χ0) is 7.56. The molecule has 0 spiro atoms. The van der Waals surface area contributed by atoms with Crippen LogP contribution in [0.5, 0.6) is 0 Å². The molecule has 2 nitrogen and oxygen atoms in total. The van der Waals surface area contributed by atoms with Crippen molar-refractivity contribution in [1.82, 2.24) is 4.90 Å². The summed E-state index contributed by atoms with van der Waals surface area (Å²) < 4.78 is 0. The van der Waals surface area contributed by atoms with Crippen molar-refractivity contribution < 1.29 is 4.79 Å². The zero-order valence-corrected chi connectivity index (χ0v) is 5.97. The Hall–Kier alpha value is -1.05. The molecule has 0 N–H and O–H groups in total. The van der Waals surface area contributed by atoms with E-state index in [9.17, 15) is 4.79 Å². The lowest BCUT2D eigenvalue weighted by atomic mass is 10.3. The second-order valence-electron chi connectivity index (χ2n) is 2.36. The zero-order valence-electron chi connectivity index (χ0n) is 5.97. The van der Waals surface area contributed by atoms with Crippen LogP contribution in [0.1, 0.15) is 12.8 Å². The number of hydrogen-bond donors (Lipinski definition) is 0. The van der Waals surface area contributed by atoms with Crippen LogP contribution in [-0.4, -0.2) is 17.4 Å². The summed E-state index contributed by atoms with van der Waals surface area (Å²) in [5.41, 5.74) is 0.921. The first-order valence-electron chi connectivity index (χ1n) is 3.37. The molecule has 0 aromatic rings. The van der Waals surface area contributed by atoms with Crippen molar-refractivity contribution in [3.63, 3.8) is 0 Å². The molecule has 0 aliphatic carbocycles. The molecule has 1 rings (SSSR count). The standard InChI is InChI=1S/C8H11NO/c1-3-8(10)9-6-4-5-7(9)2/h3H,1-2,4-6H2. The predicted molar refractivity (Wildman–Crippen MR) is 40.3 cm³/mol. The average Bonchev–Trinajstić information content (AvgIpc) is 2.34. The smallest absolute Gasteiger partial charge is 0.250 e. The summed E-state index contributed by atoms with van der Waals surface area (Å²) >= 11 is 0. The Labute approximate surface area is 60.8 Å². The average molecular weight is 137 g/mol. The van der Waals surface area contributed by atoms with Gasteiger partial charge in [0.25, 0.3) is 0 Å². The number of carbonyl (C=O) groups is 1. The largest absolute Gasteiger partial charge is 0.313 e. The van der Waals surface area contributed by atoms with E-state index in [-0.39, 0.29) is 5.91 Å². The van der Waals surface area contributed by atoms with Crippen molar-refractivity contribution in [3.05, 3.63) is 24.9 Å². The van der Waals surface area contributed by atoms with E-state index < -0.39 is 0 Å². The van der Waals surface area contributed by atoms with Gasteiger partial charge in [-0.3, -0.25) is 4.79 Å². The van der Waals surface area contributed by atoms with Gasteiger partial charge >= 0.3 is 0 Å². The molecule has 54 valence electrons. The van der Waals surface area contributed by atoms with Crippen LogP contribution in [0.2, 0.25) is 0 Å². The van der Waals surface area contributed by atoms with Crippen molar-refractivity contribution in [1.29, 1.82) is 0 Å². The van der Waals surface area contributed by atoms with Crippen molar-refractivity contribution in [2.24, 2.45) is 0 Å². The number of allylic oxidation sites excluding steroid dienone is 1. The van der Waals surface area contributed by atoms with Gasteiger partial charge in [-0.2, -0.15) is 0 Å². The Morgan fingerprint density at radius 3 is 2.80 bits per heavy atom. The molecule has 1 aliphatic rings. The highest BCUT2D eigenvalue weighted by atomic mass is 16.2. The van der Waals surface area contributed by atoms with Gasteiger partial charge < -0.3 is 4.90 Å². The topological polar surface area (TPSA) is 20.3 Å². The molecular weight excluding hydrogens is 126 g/mol. The van der Waals surface area contributed by atoms with Gasteiger partial charge in [-0.1, -0.05) is 13.2 Å². The fraction of sp³-hybridized carbons (Fsp3) is 0.375. The van der Waals surface area contributed by atoms with E-state index in [4.69, 9.17) is 0 Å². The maximum Gasteiger partial charge on any atom is 0.250 e. The molecule has 1 heterocycles. The quantitative estimate of drug-likeness (QED) is 0.499. The normalized spacial score (nSPS) is 17.6. The molecule has 0 bridgehead atoms. The molecule has 0 saturated carbocycles. The Bertz CT molecular complexity index is 184. The summed E-state index contributed by atoms with van der Waals surface area (Å²) in [6.07, 6.45) is 3.31. The number of carbonyl (C=O) groups excluding carboxylic acids is 1. The third-order valence-corrected chi connectivity index (χ3v) is 1.67. The lowest BCUT2D eigenvalue weighted by Crippen LogP contribution is -2.23. The molecular formula is C8H11NO. The maximum atomic E-state index is 11.0. The van der Waals surface area contributed by atoms with Crippen LogP contribution in [-0.2, 0) is 4.79 Å². The van der Waals surface area contributed by atoms with Crippen LogP contribution < -0.4 is 0 Å². The minimum Gasteiger partial charge on any atom is -0.313 e. The van der Waals surface area contributed by atoms with E-state index in [1.807, 2.05) is 0 Å². The van der Waals surface area contributed by atoms with Gasteiger partial charge in [0.15, 0.2) is 0 Å². The molecule has 1 fully saturated rings. The highest BCUT2D eigenvalue weighted by molar-refractivity contribution is 5.88. The van der Waals surface area contributed by atoms with Crippen molar-refractivity contribution in [2.75, 3.05) is 6.54 Å². The predicted octanol–water partition coefficient (Wildman–Crippen LogP) is 1.31. The third-order valence-electron chi connectivity index (χ3n) is 1.67. The van der Waals surface area contributed by atoms with Crippen LogP contribution in [0.4, 0.5) is 0 Å². The molecule has 0 aromatic heterocycles. The first kappa shape index (κ1) is 7.06. The van der Waals surface area contributed by atoms with Gasteiger partial charge in [0.1, 0.15) is 0 Å². The van der Waals surface area contributed by atoms with Gasteiger partial charge in [-0.15, -0.1) is 0 Å². The fourth-order valence-corrected chi connectivity index (χ4v) is 1.11. The maximum absolute atomic E-state index is 11.0. The number of amides is 1. The summed E-state index contributed by atoms with van der Waals surface area (Å²) in [5.74, 6) is -0.0255. The lowest BCUT2D eigenvalue weighted by Gasteiger charge is -2.13. The summed E-state index contributed by atoms with van der Waals surface area (Å²) in [6, 6.07) is 0. The monoisotopic (exact) mass is 137 g/mol. The van der Waals surface area contributed by atoms with Crippen LogP contribution in [0.3, 0.4) is 0 Å². The molecule has 2 heteroatoms. The van der Waals surface area contributed by atoms with Gasteiger partial charge in [0.2, 0.25) is 5.91 Å². The minimum absolute atomic E-state index is 0.0255. The van der Waals surface area contributed by atoms with Crippen molar-refractivity contribution >= 4 is 5.91 Å². The van der Waals surface area contributed by atoms with Crippen molar-refractivity contribution in [3.8, 4) is 0 Å². The fourth-order valence-electron chi connectivity index (χ4n) is 1.11. The summed E-state index contributed by atoms with van der Waals surface area (Å²) in [4.78, 5) is 12.6. The minimum atomic E-state index is -0.0255. The Kier molecular flexibility index (Phi) is 1.90. The highest BCUT2D eigenvalue weighted by Crippen LogP contribution is 2.18. The van der Waals surface area contributed by atoms with E-state index in [1.165, 1.54) is 6.08 Å². The SMILES string of the molecule is C=CC(=O)N1CCCC1=C. The van der Waals surface area contributed by atoms with E-state index in [2.05, 4.69) is 13.2 Å². The number of hydrogen-bond acceptors (Lipinski definition) is 1. The molecule has 0 atom stereocenters. The first-order valence-corrected chi connectivity index (χ1v) is 3.37. The number of rotatable bonds is 1. The highest BCUT2D eigenvalue weighted by Gasteiger charge is 2.18. The lowest BCUT2D eigenvalue weighted by molar-refractivity contribution is -0.123. The third kappa shape index (κ3) is 1.10. The first-order chi connectivity index (χ1) is 4.75. The molecule has 1 aliphatic heterocycles. The summed E-state index contributed by atoms with van der Waals surface area (Å²) in [5, 5.41) is 0. The van der Waals surface area contributed by atoms with E-state index in [0.717, 1.165) is 25.1 Å². The molecule has 1 saturated heterocycles. The molecule has 10 heavy (non-hydrogen) atoms. The van der Waals surface area contributed by atoms with Gasteiger partial charge in [0, 0.05) is 12.2 Å². The number of nitrogens with zero attached hydrogens (tertiary/aromatic N) is 1. The Balaban J connectivity index is 2.63. The Morgan fingerprint density at radius 2 is 2.40 bits per heavy atom. The molecule has 0 radical (unpaired) electrons. The van der Waals surface area contributed by atoms with E-state index in [1.54, 1.807) is 4.90 Å². The second kappa shape index (κ2) is 2.69. The molecule has 0 unspecified atom stereocenters. The van der Waals surface area contributed by atoms with Crippen LogP contribution in [0.25, 0.3) is 0 Å². The Morgan fingerprint density at radius 1 is 1.70 bits per heavy atom. The number of likely N-dealkylation sites (tertiary alicyclic amines) is 1. The van der Waals surface area contributed by atoms with Gasteiger partial charge in [-0.25, -0.2) is 0 Å². The van der Waals surface area contributed by atoms with Crippen LogP contribution in [0, 0.1) is 0 Å². The van der Waals surface area contributed by atoms with Crippen LogP contribution >= 0.6 is 0 Å². The van der Waals surface area contributed by atoms with E-state index in [0.29, 0.717) is 0 Å². The van der Waals surface area contributed by atoms with Crippen molar-refractivity contribution in [2.45, 2.75) is 12.8 Å². The van der Waals surface area contributed by atoms with Crippen LogP contribution in [0.15, 0.2) is 24.9 Å². The summed E-state index contributed by atoms with van der Waals surface area (Å²) in [7, 11) is 0.